The van der Waals surface area contributed by atoms with Crippen LogP contribution in [0.25, 0.3) is 0 Å². The van der Waals surface area contributed by atoms with Gasteiger partial charge in [-0.05, 0) is 25.1 Å². The van der Waals surface area contributed by atoms with Gasteiger partial charge in [-0.1, -0.05) is 41.9 Å². The van der Waals surface area contributed by atoms with Gasteiger partial charge in [-0.2, -0.15) is 0 Å². The summed E-state index contributed by atoms with van der Waals surface area (Å²) in [5, 5.41) is 0.541. The summed E-state index contributed by atoms with van der Waals surface area (Å²) in [6.45, 7) is 2.00. The van der Waals surface area contributed by atoms with Crippen LogP contribution in [0, 0.1) is 0 Å². The molecule has 0 aromatic heterocycles. The Bertz CT molecular complexity index is 757. The van der Waals surface area contributed by atoms with Crippen LogP contribution >= 0.6 is 11.6 Å². The molecule has 0 fully saturated rings. The number of Topliss-reactive ketones (excluding diaryl/α,β-unsaturated/α-hetero) is 1. The lowest BCUT2D eigenvalue weighted by molar-refractivity contribution is -0.151. The van der Waals surface area contributed by atoms with Gasteiger partial charge in [-0.25, -0.2) is 4.79 Å². The molecule has 1 aliphatic heterocycles. The standard InChI is InChI=1S/C19H17ClO4/c1-2-23-19(22)18-15(11-16(21)12-6-4-3-5-7-12)14-10-13(20)8-9-17(14)24-18/h3-10,15,18H,2,11H2,1H3/t15-,18-/m1/s1. The predicted octanol–water partition coefficient (Wildman–Crippen LogP) is 4.02. The molecule has 0 N–H and O–H groups in total. The molecule has 4 nitrogen and oxygen atoms in total. The Hall–Kier alpha value is -2.33. The normalized spacial score (nSPS) is 18.6. The van der Waals surface area contributed by atoms with Crippen LogP contribution in [0.15, 0.2) is 48.5 Å². The molecule has 0 saturated carbocycles. The summed E-state index contributed by atoms with van der Waals surface area (Å²) < 4.78 is 10.8. The molecule has 0 unspecified atom stereocenters. The number of halogens is 1. The van der Waals surface area contributed by atoms with Crippen LogP contribution in [-0.2, 0) is 9.53 Å². The number of hydrogen-bond donors (Lipinski definition) is 0. The lowest BCUT2D eigenvalue weighted by atomic mass is 9.88. The maximum atomic E-state index is 12.6. The second-order valence-electron chi connectivity index (χ2n) is 5.57. The summed E-state index contributed by atoms with van der Waals surface area (Å²) in [7, 11) is 0. The van der Waals surface area contributed by atoms with E-state index in [-0.39, 0.29) is 18.8 Å². The monoisotopic (exact) mass is 344 g/mol. The quantitative estimate of drug-likeness (QED) is 0.607. The van der Waals surface area contributed by atoms with Gasteiger partial charge in [0.25, 0.3) is 0 Å². The fourth-order valence-electron chi connectivity index (χ4n) is 2.89. The second-order valence-corrected chi connectivity index (χ2v) is 6.01. The lowest BCUT2D eigenvalue weighted by Gasteiger charge is -2.17. The molecule has 2 atom stereocenters. The molecule has 0 bridgehead atoms. The van der Waals surface area contributed by atoms with E-state index < -0.39 is 18.0 Å². The zero-order chi connectivity index (χ0) is 17.1. The molecule has 124 valence electrons. The molecule has 0 saturated heterocycles. The van der Waals surface area contributed by atoms with Crippen molar-refractivity contribution in [3.05, 3.63) is 64.7 Å². The Morgan fingerprint density at radius 2 is 1.92 bits per heavy atom. The van der Waals surface area contributed by atoms with E-state index in [4.69, 9.17) is 21.1 Å². The van der Waals surface area contributed by atoms with E-state index in [1.54, 1.807) is 37.3 Å². The minimum Gasteiger partial charge on any atom is -0.478 e. The molecule has 3 rings (SSSR count). The van der Waals surface area contributed by atoms with Crippen LogP contribution in [0.4, 0.5) is 0 Å². The Morgan fingerprint density at radius 3 is 2.62 bits per heavy atom. The average molecular weight is 345 g/mol. The molecule has 2 aromatic carbocycles. The number of benzene rings is 2. The summed E-state index contributed by atoms with van der Waals surface area (Å²) in [6, 6.07) is 14.2. The van der Waals surface area contributed by atoms with Crippen molar-refractivity contribution in [2.24, 2.45) is 0 Å². The summed E-state index contributed by atoms with van der Waals surface area (Å²) in [4.78, 5) is 24.8. The van der Waals surface area contributed by atoms with Gasteiger partial charge in [0.1, 0.15) is 5.75 Å². The van der Waals surface area contributed by atoms with E-state index in [1.165, 1.54) is 0 Å². The maximum absolute atomic E-state index is 12.6. The molecule has 0 amide bonds. The van der Waals surface area contributed by atoms with E-state index in [0.29, 0.717) is 16.3 Å². The van der Waals surface area contributed by atoms with Crippen molar-refractivity contribution in [1.82, 2.24) is 0 Å². The third-order valence-electron chi connectivity index (χ3n) is 4.01. The highest BCUT2D eigenvalue weighted by molar-refractivity contribution is 6.30. The molecule has 5 heteroatoms. The van der Waals surface area contributed by atoms with Crippen LogP contribution in [0.1, 0.15) is 35.2 Å². The smallest absolute Gasteiger partial charge is 0.347 e. The van der Waals surface area contributed by atoms with Crippen molar-refractivity contribution in [3.8, 4) is 5.75 Å². The predicted molar refractivity (Wildman–Crippen MR) is 90.6 cm³/mol. The molecule has 1 aliphatic rings. The van der Waals surface area contributed by atoms with Gasteiger partial charge in [0.2, 0.25) is 6.10 Å². The number of ketones is 1. The minimum atomic E-state index is -0.828. The van der Waals surface area contributed by atoms with Gasteiger partial charge >= 0.3 is 5.97 Å². The van der Waals surface area contributed by atoms with Gasteiger partial charge in [-0.15, -0.1) is 0 Å². The third kappa shape index (κ3) is 3.29. The molecular formula is C19H17ClO4. The van der Waals surface area contributed by atoms with Gasteiger partial charge in [0.15, 0.2) is 5.78 Å². The highest BCUT2D eigenvalue weighted by Crippen LogP contribution is 2.42. The zero-order valence-corrected chi connectivity index (χ0v) is 14.0. The highest BCUT2D eigenvalue weighted by atomic mass is 35.5. The SMILES string of the molecule is CCOC(=O)[C@@H]1Oc2ccc(Cl)cc2[C@H]1CC(=O)c1ccccc1. The summed E-state index contributed by atoms with van der Waals surface area (Å²) in [5.74, 6) is -0.351. The van der Waals surface area contributed by atoms with Crippen molar-refractivity contribution >= 4 is 23.4 Å². The number of ether oxygens (including phenoxy) is 2. The zero-order valence-electron chi connectivity index (χ0n) is 13.2. The molecular weight excluding hydrogens is 328 g/mol. The Balaban J connectivity index is 1.90. The van der Waals surface area contributed by atoms with Crippen molar-refractivity contribution in [3.63, 3.8) is 0 Å². The van der Waals surface area contributed by atoms with E-state index in [9.17, 15) is 9.59 Å². The van der Waals surface area contributed by atoms with Gasteiger partial charge in [-0.3, -0.25) is 4.79 Å². The molecule has 24 heavy (non-hydrogen) atoms. The van der Waals surface area contributed by atoms with Gasteiger partial charge in [0, 0.05) is 28.5 Å². The maximum Gasteiger partial charge on any atom is 0.347 e. The Morgan fingerprint density at radius 1 is 1.17 bits per heavy atom. The largest absolute Gasteiger partial charge is 0.478 e. The van der Waals surface area contributed by atoms with Crippen molar-refractivity contribution < 1.29 is 19.1 Å². The fourth-order valence-corrected chi connectivity index (χ4v) is 3.07. The van der Waals surface area contributed by atoms with E-state index in [0.717, 1.165) is 5.56 Å². The van der Waals surface area contributed by atoms with Crippen LogP contribution in [0.3, 0.4) is 0 Å². The highest BCUT2D eigenvalue weighted by Gasteiger charge is 2.41. The van der Waals surface area contributed by atoms with Crippen molar-refractivity contribution in [1.29, 1.82) is 0 Å². The topological polar surface area (TPSA) is 52.6 Å². The molecule has 1 heterocycles. The first kappa shape index (κ1) is 16.5. The number of carbonyl (C=O) groups excluding carboxylic acids is 2. The molecule has 0 radical (unpaired) electrons. The second kappa shape index (κ2) is 7.05. The number of hydrogen-bond acceptors (Lipinski definition) is 4. The minimum absolute atomic E-state index is 0.0497. The molecule has 0 aliphatic carbocycles. The summed E-state index contributed by atoms with van der Waals surface area (Å²) in [6.07, 6.45) is -0.674. The first-order valence-corrected chi connectivity index (χ1v) is 8.19. The van der Waals surface area contributed by atoms with Gasteiger partial charge < -0.3 is 9.47 Å². The third-order valence-corrected chi connectivity index (χ3v) is 4.25. The van der Waals surface area contributed by atoms with Crippen LogP contribution < -0.4 is 4.74 Å². The summed E-state index contributed by atoms with van der Waals surface area (Å²) in [5.41, 5.74) is 1.38. The average Bonchev–Trinajstić information content (AvgIpc) is 2.94. The number of rotatable bonds is 5. The van der Waals surface area contributed by atoms with Crippen LogP contribution in [-0.4, -0.2) is 24.5 Å². The summed E-state index contributed by atoms with van der Waals surface area (Å²) >= 11 is 6.07. The fraction of sp³-hybridized carbons (Fsp3) is 0.263. The van der Waals surface area contributed by atoms with E-state index in [2.05, 4.69) is 0 Å². The lowest BCUT2D eigenvalue weighted by Crippen LogP contribution is -2.32. The number of carbonyl (C=O) groups is 2. The van der Waals surface area contributed by atoms with Crippen LogP contribution in [0.5, 0.6) is 5.75 Å². The Labute approximate surface area is 145 Å². The first-order chi connectivity index (χ1) is 11.6. The Kier molecular flexibility index (Phi) is 4.86. The number of fused-ring (bicyclic) bond motifs is 1. The molecule has 2 aromatic rings. The molecule has 0 spiro atoms. The number of esters is 1. The van der Waals surface area contributed by atoms with Crippen molar-refractivity contribution in [2.45, 2.75) is 25.4 Å². The van der Waals surface area contributed by atoms with Gasteiger partial charge in [0.05, 0.1) is 6.61 Å². The van der Waals surface area contributed by atoms with E-state index >= 15 is 0 Å². The van der Waals surface area contributed by atoms with Crippen molar-refractivity contribution in [2.75, 3.05) is 6.61 Å². The first-order valence-electron chi connectivity index (χ1n) is 7.81. The van der Waals surface area contributed by atoms with Crippen LogP contribution in [0.2, 0.25) is 5.02 Å². The van der Waals surface area contributed by atoms with E-state index in [1.807, 2.05) is 18.2 Å².